The fourth-order valence-corrected chi connectivity index (χ4v) is 4.00. The quantitative estimate of drug-likeness (QED) is 0.257. The van der Waals surface area contributed by atoms with Gasteiger partial charge in [0.05, 0.1) is 25.8 Å². The number of rotatable bonds is 7. The minimum absolute atomic E-state index is 0.0870. The first kappa shape index (κ1) is 22.3. The minimum Gasteiger partial charge on any atom is -0.493 e. The van der Waals surface area contributed by atoms with Gasteiger partial charge in [-0.1, -0.05) is 5.16 Å². The Morgan fingerprint density at radius 3 is 2.51 bits per heavy atom. The Morgan fingerprint density at radius 1 is 1.00 bits per heavy atom. The van der Waals surface area contributed by atoms with E-state index in [1.807, 2.05) is 24.5 Å². The predicted octanol–water partition coefficient (Wildman–Crippen LogP) is 4.39. The molecule has 0 bridgehead atoms. The third kappa shape index (κ3) is 4.03. The SMILES string of the molecule is COc1ccc(C=NOCc2nc3c4c(C)c(C)n(-c5ccc(F)cc5)c4ncn3n2)cc1OC. The number of aryl methyl sites for hydroxylation is 1. The highest BCUT2D eigenvalue weighted by Gasteiger charge is 2.19. The van der Waals surface area contributed by atoms with Gasteiger partial charge in [0.2, 0.25) is 0 Å². The van der Waals surface area contributed by atoms with Crippen molar-refractivity contribution >= 4 is 22.9 Å². The van der Waals surface area contributed by atoms with Crippen molar-refractivity contribution in [1.29, 1.82) is 0 Å². The summed E-state index contributed by atoms with van der Waals surface area (Å²) in [4.78, 5) is 14.7. The van der Waals surface area contributed by atoms with Gasteiger partial charge in [0.15, 0.2) is 35.2 Å². The summed E-state index contributed by atoms with van der Waals surface area (Å²) < 4.78 is 27.6. The molecule has 0 unspecified atom stereocenters. The van der Waals surface area contributed by atoms with Crippen LogP contribution in [-0.2, 0) is 11.4 Å². The Kier molecular flexibility index (Phi) is 5.77. The molecule has 0 spiro atoms. The van der Waals surface area contributed by atoms with E-state index >= 15 is 0 Å². The van der Waals surface area contributed by atoms with E-state index in [-0.39, 0.29) is 12.4 Å². The van der Waals surface area contributed by atoms with Crippen molar-refractivity contribution in [1.82, 2.24) is 24.1 Å². The third-order valence-electron chi connectivity index (χ3n) is 5.84. The van der Waals surface area contributed by atoms with E-state index in [0.29, 0.717) is 23.0 Å². The standard InChI is InChI=1S/C25H23FN6O3/c1-15-16(2)32(19-8-6-18(26)7-9-19)24-23(15)25-29-22(30-31(25)14-27-24)13-35-28-12-17-5-10-20(33-3)21(11-17)34-4/h5-12,14H,13H2,1-4H3. The average Bonchev–Trinajstić information content (AvgIpc) is 3.40. The van der Waals surface area contributed by atoms with Crippen LogP contribution in [0.3, 0.4) is 0 Å². The second kappa shape index (κ2) is 9.05. The average molecular weight is 474 g/mol. The first-order valence-electron chi connectivity index (χ1n) is 10.9. The van der Waals surface area contributed by atoms with Gasteiger partial charge in [-0.15, -0.1) is 5.10 Å². The van der Waals surface area contributed by atoms with Crippen LogP contribution >= 0.6 is 0 Å². The van der Waals surface area contributed by atoms with Crippen molar-refractivity contribution in [2.45, 2.75) is 20.5 Å². The van der Waals surface area contributed by atoms with Crippen LogP contribution in [0, 0.1) is 19.7 Å². The molecule has 0 saturated heterocycles. The van der Waals surface area contributed by atoms with E-state index in [1.165, 1.54) is 12.1 Å². The number of halogens is 1. The molecule has 0 fully saturated rings. The molecule has 3 aromatic heterocycles. The van der Waals surface area contributed by atoms with Crippen LogP contribution in [0.2, 0.25) is 0 Å². The molecule has 0 N–H and O–H groups in total. The van der Waals surface area contributed by atoms with Gasteiger partial charge in [-0.05, 0) is 61.9 Å². The highest BCUT2D eigenvalue weighted by molar-refractivity contribution is 5.95. The lowest BCUT2D eigenvalue weighted by Crippen LogP contribution is -1.99. The zero-order valence-corrected chi connectivity index (χ0v) is 19.7. The molecule has 0 aliphatic rings. The van der Waals surface area contributed by atoms with Crippen LogP contribution in [0.5, 0.6) is 11.5 Å². The summed E-state index contributed by atoms with van der Waals surface area (Å²) in [6.45, 7) is 4.10. The van der Waals surface area contributed by atoms with Crippen LogP contribution in [0.25, 0.3) is 22.4 Å². The number of benzene rings is 2. The number of nitrogens with zero attached hydrogens (tertiary/aromatic N) is 6. The number of methoxy groups -OCH3 is 2. The number of hydrogen-bond donors (Lipinski definition) is 0. The smallest absolute Gasteiger partial charge is 0.192 e. The summed E-state index contributed by atoms with van der Waals surface area (Å²) in [5.41, 5.74) is 5.03. The largest absolute Gasteiger partial charge is 0.493 e. The van der Waals surface area contributed by atoms with E-state index in [9.17, 15) is 4.39 Å². The lowest BCUT2D eigenvalue weighted by molar-refractivity contribution is 0.126. The van der Waals surface area contributed by atoms with Gasteiger partial charge in [0.1, 0.15) is 12.1 Å². The van der Waals surface area contributed by atoms with Gasteiger partial charge in [-0.25, -0.2) is 18.9 Å². The first-order chi connectivity index (χ1) is 17.0. The highest BCUT2D eigenvalue weighted by atomic mass is 19.1. The molecule has 0 aliphatic carbocycles. The molecule has 178 valence electrons. The maximum Gasteiger partial charge on any atom is 0.192 e. The van der Waals surface area contributed by atoms with Crippen molar-refractivity contribution in [2.24, 2.45) is 5.16 Å². The van der Waals surface area contributed by atoms with Gasteiger partial charge in [0, 0.05) is 16.9 Å². The Hall–Kier alpha value is -4.47. The van der Waals surface area contributed by atoms with Gasteiger partial charge < -0.3 is 14.3 Å². The van der Waals surface area contributed by atoms with E-state index in [2.05, 4.69) is 20.2 Å². The van der Waals surface area contributed by atoms with Crippen LogP contribution in [0.1, 0.15) is 22.6 Å². The Balaban J connectivity index is 1.41. The monoisotopic (exact) mass is 474 g/mol. The topological polar surface area (TPSA) is 88.1 Å². The third-order valence-corrected chi connectivity index (χ3v) is 5.84. The lowest BCUT2D eigenvalue weighted by atomic mass is 10.2. The van der Waals surface area contributed by atoms with E-state index in [1.54, 1.807) is 55.5 Å². The molecule has 9 nitrogen and oxygen atoms in total. The molecule has 0 aliphatic heterocycles. The summed E-state index contributed by atoms with van der Waals surface area (Å²) >= 11 is 0. The number of hydrogen-bond acceptors (Lipinski definition) is 7. The molecular weight excluding hydrogens is 451 g/mol. The number of ether oxygens (including phenoxy) is 2. The fraction of sp³-hybridized carbons (Fsp3) is 0.200. The van der Waals surface area contributed by atoms with Gasteiger partial charge in [-0.3, -0.25) is 4.57 Å². The summed E-state index contributed by atoms with van der Waals surface area (Å²) in [6.07, 6.45) is 3.19. The minimum atomic E-state index is -0.286. The summed E-state index contributed by atoms with van der Waals surface area (Å²) in [6, 6.07) is 11.8. The Labute approximate surface area is 200 Å². The molecular formula is C25H23FN6O3. The van der Waals surface area contributed by atoms with E-state index < -0.39 is 0 Å². The van der Waals surface area contributed by atoms with Crippen molar-refractivity contribution in [2.75, 3.05) is 14.2 Å². The van der Waals surface area contributed by atoms with Gasteiger partial charge in [-0.2, -0.15) is 0 Å². The fourth-order valence-electron chi connectivity index (χ4n) is 4.00. The molecule has 3 heterocycles. The maximum atomic E-state index is 13.4. The zero-order valence-electron chi connectivity index (χ0n) is 19.7. The van der Waals surface area contributed by atoms with Gasteiger partial charge in [0.25, 0.3) is 0 Å². The molecule has 0 radical (unpaired) electrons. The first-order valence-corrected chi connectivity index (χ1v) is 10.9. The number of aromatic nitrogens is 5. The molecule has 10 heteroatoms. The van der Waals surface area contributed by atoms with Crippen LogP contribution in [-0.4, -0.2) is 44.6 Å². The van der Waals surface area contributed by atoms with Crippen molar-refractivity contribution < 1.29 is 18.7 Å². The van der Waals surface area contributed by atoms with Crippen LogP contribution in [0.15, 0.2) is 53.9 Å². The summed E-state index contributed by atoms with van der Waals surface area (Å²) in [7, 11) is 3.16. The molecule has 35 heavy (non-hydrogen) atoms. The molecule has 5 rings (SSSR count). The second-order valence-corrected chi connectivity index (χ2v) is 7.88. The predicted molar refractivity (Wildman–Crippen MR) is 129 cm³/mol. The molecule has 5 aromatic rings. The van der Waals surface area contributed by atoms with Crippen LogP contribution < -0.4 is 9.47 Å². The van der Waals surface area contributed by atoms with Crippen molar-refractivity contribution in [3.05, 3.63) is 77.3 Å². The Morgan fingerprint density at radius 2 is 1.77 bits per heavy atom. The van der Waals surface area contributed by atoms with Crippen molar-refractivity contribution in [3.63, 3.8) is 0 Å². The highest BCUT2D eigenvalue weighted by Crippen LogP contribution is 2.30. The normalized spacial score (nSPS) is 11.6. The Bertz CT molecular complexity index is 1560. The molecule has 2 aromatic carbocycles. The lowest BCUT2D eigenvalue weighted by Gasteiger charge is -2.07. The molecule has 0 saturated carbocycles. The summed E-state index contributed by atoms with van der Waals surface area (Å²) in [5.74, 6) is 1.42. The zero-order chi connectivity index (χ0) is 24.5. The van der Waals surface area contributed by atoms with E-state index in [4.69, 9.17) is 14.3 Å². The molecule has 0 atom stereocenters. The second-order valence-electron chi connectivity index (χ2n) is 7.88. The number of fused-ring (bicyclic) bond motifs is 3. The summed E-state index contributed by atoms with van der Waals surface area (Å²) in [5, 5.41) is 9.37. The van der Waals surface area contributed by atoms with E-state index in [0.717, 1.165) is 33.5 Å². The maximum absolute atomic E-state index is 13.4. The number of oxime groups is 1. The van der Waals surface area contributed by atoms with Gasteiger partial charge >= 0.3 is 0 Å². The molecule has 0 amide bonds. The van der Waals surface area contributed by atoms with Crippen molar-refractivity contribution in [3.8, 4) is 17.2 Å². The van der Waals surface area contributed by atoms with Crippen LogP contribution in [0.4, 0.5) is 4.39 Å².